The van der Waals surface area contributed by atoms with Gasteiger partial charge in [-0.05, 0) is 30.0 Å². The molecule has 0 saturated carbocycles. The van der Waals surface area contributed by atoms with Gasteiger partial charge in [-0.2, -0.15) is 4.31 Å². The Morgan fingerprint density at radius 3 is 1.75 bits per heavy atom. The van der Waals surface area contributed by atoms with E-state index in [-0.39, 0.29) is 25.5 Å². The minimum atomic E-state index is -3.67. The molecular weight excluding hydrogens is 474 g/mol. The summed E-state index contributed by atoms with van der Waals surface area (Å²) in [6.45, 7) is 2.00. The molecule has 3 rings (SSSR count). The first-order valence-electron chi connectivity index (χ1n) is 11.9. The fourth-order valence-electron chi connectivity index (χ4n) is 3.80. The van der Waals surface area contributed by atoms with Crippen LogP contribution in [0.25, 0.3) is 0 Å². The van der Waals surface area contributed by atoms with Crippen molar-refractivity contribution >= 4 is 21.8 Å². The molecule has 0 aromatic heterocycles. The Morgan fingerprint density at radius 1 is 0.778 bits per heavy atom. The topological polar surface area (TPSA) is 86.8 Å². The Labute approximate surface area is 213 Å². The van der Waals surface area contributed by atoms with E-state index in [1.807, 2.05) is 91.0 Å². The van der Waals surface area contributed by atoms with Crippen LogP contribution in [0.5, 0.6) is 0 Å². The molecule has 0 fully saturated rings. The molecule has 7 nitrogen and oxygen atoms in total. The fraction of sp³-hybridized carbons (Fsp3) is 0.286. The molecule has 0 aliphatic heterocycles. The van der Waals surface area contributed by atoms with Crippen LogP contribution in [0.4, 0.5) is 0 Å². The maximum atomic E-state index is 13.5. The summed E-state index contributed by atoms with van der Waals surface area (Å²) in [5.41, 5.74) is 2.73. The Bertz CT molecular complexity index is 1220. The number of carbonyl (C=O) groups excluding carboxylic acids is 2. The normalized spacial score (nSPS) is 12.2. The van der Waals surface area contributed by atoms with Crippen molar-refractivity contribution in [1.82, 2.24) is 14.5 Å². The van der Waals surface area contributed by atoms with Crippen LogP contribution in [-0.4, -0.2) is 54.8 Å². The molecule has 36 heavy (non-hydrogen) atoms. The summed E-state index contributed by atoms with van der Waals surface area (Å²) < 4.78 is 26.2. The van der Waals surface area contributed by atoms with Crippen LogP contribution >= 0.6 is 0 Å². The molecule has 190 valence electrons. The monoisotopic (exact) mass is 507 g/mol. The van der Waals surface area contributed by atoms with Crippen LogP contribution in [0, 0.1) is 0 Å². The van der Waals surface area contributed by atoms with Gasteiger partial charge in [0.1, 0.15) is 6.04 Å². The zero-order valence-electron chi connectivity index (χ0n) is 20.7. The third-order valence-electron chi connectivity index (χ3n) is 5.90. The fourth-order valence-corrected chi connectivity index (χ4v) is 4.53. The Kier molecular flexibility index (Phi) is 9.78. The summed E-state index contributed by atoms with van der Waals surface area (Å²) in [5, 5.41) is 2.91. The summed E-state index contributed by atoms with van der Waals surface area (Å²) in [7, 11) is -3.67. The lowest BCUT2D eigenvalue weighted by Crippen LogP contribution is -2.51. The minimum absolute atomic E-state index is 0.0717. The molecule has 0 bridgehead atoms. The predicted molar refractivity (Wildman–Crippen MR) is 141 cm³/mol. The number of sulfonamides is 1. The van der Waals surface area contributed by atoms with Crippen LogP contribution in [-0.2, 0) is 39.1 Å². The van der Waals surface area contributed by atoms with Crippen LogP contribution in [0.1, 0.15) is 23.6 Å². The quantitative estimate of drug-likeness (QED) is 0.408. The van der Waals surface area contributed by atoms with Crippen molar-refractivity contribution < 1.29 is 18.0 Å². The van der Waals surface area contributed by atoms with Crippen molar-refractivity contribution in [2.24, 2.45) is 0 Å². The number of amides is 2. The highest BCUT2D eigenvalue weighted by Crippen LogP contribution is 2.14. The predicted octanol–water partition coefficient (Wildman–Crippen LogP) is 3.22. The zero-order valence-corrected chi connectivity index (χ0v) is 21.5. The van der Waals surface area contributed by atoms with Crippen molar-refractivity contribution in [2.75, 3.05) is 19.3 Å². The lowest BCUT2D eigenvalue weighted by Gasteiger charge is -2.31. The number of rotatable bonds is 12. The molecule has 0 saturated heterocycles. The molecule has 0 heterocycles. The number of hydrogen-bond donors (Lipinski definition) is 1. The summed E-state index contributed by atoms with van der Waals surface area (Å²) in [6, 6.07) is 27.5. The summed E-state index contributed by atoms with van der Waals surface area (Å²) >= 11 is 0. The Balaban J connectivity index is 1.74. The van der Waals surface area contributed by atoms with E-state index in [2.05, 4.69) is 5.32 Å². The highest BCUT2D eigenvalue weighted by molar-refractivity contribution is 7.88. The van der Waals surface area contributed by atoms with E-state index in [1.165, 1.54) is 4.90 Å². The molecular formula is C28H33N3O4S. The van der Waals surface area contributed by atoms with Crippen molar-refractivity contribution in [3.05, 3.63) is 108 Å². The largest absolute Gasteiger partial charge is 0.354 e. The molecule has 0 spiro atoms. The van der Waals surface area contributed by atoms with Gasteiger partial charge in [0.25, 0.3) is 0 Å². The summed E-state index contributed by atoms with van der Waals surface area (Å²) in [4.78, 5) is 27.9. The molecule has 0 radical (unpaired) electrons. The van der Waals surface area contributed by atoms with E-state index >= 15 is 0 Å². The molecule has 1 unspecified atom stereocenters. The molecule has 0 aliphatic carbocycles. The number of hydrogen-bond acceptors (Lipinski definition) is 4. The SMILES string of the molecule is CC(C(=O)NCCc1ccccc1)N(Cc1ccccc1)C(=O)CN(Cc1ccccc1)S(C)(=O)=O. The maximum absolute atomic E-state index is 13.5. The maximum Gasteiger partial charge on any atom is 0.242 e. The van der Waals surface area contributed by atoms with Crippen molar-refractivity contribution in [3.63, 3.8) is 0 Å². The van der Waals surface area contributed by atoms with Crippen molar-refractivity contribution in [1.29, 1.82) is 0 Å². The lowest BCUT2D eigenvalue weighted by molar-refractivity contribution is -0.140. The number of benzene rings is 3. The average molecular weight is 508 g/mol. The number of nitrogens with zero attached hydrogens (tertiary/aromatic N) is 2. The summed E-state index contributed by atoms with van der Waals surface area (Å²) in [5.74, 6) is -0.727. The molecule has 3 aromatic carbocycles. The third-order valence-corrected chi connectivity index (χ3v) is 7.10. The van der Waals surface area contributed by atoms with Gasteiger partial charge in [0.2, 0.25) is 21.8 Å². The van der Waals surface area contributed by atoms with Gasteiger partial charge in [0.05, 0.1) is 12.8 Å². The van der Waals surface area contributed by atoms with Crippen LogP contribution in [0.2, 0.25) is 0 Å². The van der Waals surface area contributed by atoms with Crippen molar-refractivity contribution in [2.45, 2.75) is 32.5 Å². The molecule has 1 atom stereocenters. The molecule has 3 aromatic rings. The second-order valence-corrected chi connectivity index (χ2v) is 10.7. The van der Waals surface area contributed by atoms with Crippen LogP contribution in [0.3, 0.4) is 0 Å². The summed E-state index contributed by atoms with van der Waals surface area (Å²) in [6.07, 6.45) is 1.76. The van der Waals surface area contributed by atoms with E-state index in [0.29, 0.717) is 13.0 Å². The number of nitrogens with one attached hydrogen (secondary N) is 1. The second-order valence-electron chi connectivity index (χ2n) is 8.73. The van der Waals surface area contributed by atoms with Gasteiger partial charge in [-0.3, -0.25) is 9.59 Å². The third kappa shape index (κ3) is 8.32. The molecule has 8 heteroatoms. The Hall–Kier alpha value is -3.49. The minimum Gasteiger partial charge on any atom is -0.354 e. The zero-order chi connectivity index (χ0) is 26.0. The van der Waals surface area contributed by atoms with Crippen LogP contribution < -0.4 is 5.32 Å². The van der Waals surface area contributed by atoms with Crippen molar-refractivity contribution in [3.8, 4) is 0 Å². The highest BCUT2D eigenvalue weighted by atomic mass is 32.2. The first-order valence-corrected chi connectivity index (χ1v) is 13.7. The first kappa shape index (κ1) is 27.1. The highest BCUT2D eigenvalue weighted by Gasteiger charge is 2.29. The smallest absolute Gasteiger partial charge is 0.242 e. The van der Waals surface area contributed by atoms with Gasteiger partial charge < -0.3 is 10.2 Å². The van der Waals surface area contributed by atoms with Gasteiger partial charge in [-0.1, -0.05) is 91.0 Å². The molecule has 2 amide bonds. The molecule has 0 aliphatic rings. The van der Waals surface area contributed by atoms with E-state index in [9.17, 15) is 18.0 Å². The first-order chi connectivity index (χ1) is 17.2. The van der Waals surface area contributed by atoms with E-state index in [0.717, 1.165) is 27.3 Å². The lowest BCUT2D eigenvalue weighted by atomic mass is 10.1. The molecule has 1 N–H and O–H groups in total. The van der Waals surface area contributed by atoms with E-state index in [4.69, 9.17) is 0 Å². The second kappa shape index (κ2) is 13.0. The van der Waals surface area contributed by atoms with Gasteiger partial charge >= 0.3 is 0 Å². The van der Waals surface area contributed by atoms with E-state index in [1.54, 1.807) is 6.92 Å². The average Bonchev–Trinajstić information content (AvgIpc) is 2.87. The van der Waals surface area contributed by atoms with Gasteiger partial charge in [-0.25, -0.2) is 8.42 Å². The number of carbonyl (C=O) groups is 2. The van der Waals surface area contributed by atoms with Crippen LogP contribution in [0.15, 0.2) is 91.0 Å². The Morgan fingerprint density at radius 2 is 1.25 bits per heavy atom. The standard InChI is InChI=1S/C28H33N3O4S/c1-23(28(33)29-19-18-24-12-6-3-7-13-24)31(21-26-16-10-5-11-17-26)27(32)22-30(36(2,34)35)20-25-14-8-4-9-15-25/h3-17,23H,18-22H2,1-2H3,(H,29,33). The van der Waals surface area contributed by atoms with Gasteiger partial charge in [0, 0.05) is 19.6 Å². The van der Waals surface area contributed by atoms with E-state index < -0.39 is 22.0 Å². The van der Waals surface area contributed by atoms with Gasteiger partial charge in [0.15, 0.2) is 0 Å². The van der Waals surface area contributed by atoms with Gasteiger partial charge in [-0.15, -0.1) is 0 Å².